The van der Waals surface area contributed by atoms with Gasteiger partial charge in [0.2, 0.25) is 0 Å². The topological polar surface area (TPSA) is 133 Å². The van der Waals surface area contributed by atoms with Crippen molar-refractivity contribution in [1.29, 1.82) is 0 Å². The van der Waals surface area contributed by atoms with Gasteiger partial charge in [-0.1, -0.05) is 13.8 Å². The molecule has 2 aromatic rings. The molecule has 2 heterocycles. The van der Waals surface area contributed by atoms with Gasteiger partial charge in [-0.15, -0.1) is 0 Å². The van der Waals surface area contributed by atoms with E-state index in [1.165, 1.54) is 18.3 Å². The van der Waals surface area contributed by atoms with E-state index in [2.05, 4.69) is 30.4 Å². The average molecular weight is 312 g/mol. The van der Waals surface area contributed by atoms with Crippen LogP contribution in [0.5, 0.6) is 0 Å². The molecule has 0 unspecified atom stereocenters. The van der Waals surface area contributed by atoms with Crippen molar-refractivity contribution in [2.45, 2.75) is 31.5 Å². The molecule has 21 heavy (non-hydrogen) atoms. The van der Waals surface area contributed by atoms with Crippen LogP contribution in [0, 0.1) is 0 Å². The number of nitrogens with zero attached hydrogens (tertiary/aromatic N) is 2. The highest BCUT2D eigenvalue weighted by Crippen LogP contribution is 2.15. The number of aromatic nitrogens is 4. The molecule has 9 nitrogen and oxygen atoms in total. The fourth-order valence-electron chi connectivity index (χ4n) is 1.56. The third-order valence-corrected chi connectivity index (χ3v) is 3.93. The second-order valence-corrected chi connectivity index (χ2v) is 6.29. The Labute approximate surface area is 121 Å². The number of hydrogen-bond donors (Lipinski definition) is 4. The van der Waals surface area contributed by atoms with Gasteiger partial charge in [0.25, 0.3) is 15.6 Å². The molecule has 0 saturated carbocycles. The van der Waals surface area contributed by atoms with Gasteiger partial charge >= 0.3 is 0 Å². The van der Waals surface area contributed by atoms with Crippen LogP contribution in [0.2, 0.25) is 0 Å². The summed E-state index contributed by atoms with van der Waals surface area (Å²) < 4.78 is 26.8. The van der Waals surface area contributed by atoms with Crippen molar-refractivity contribution < 1.29 is 8.42 Å². The van der Waals surface area contributed by atoms with E-state index in [1.807, 2.05) is 13.8 Å². The molecule has 114 valence electrons. The highest BCUT2D eigenvalue weighted by molar-refractivity contribution is 7.92. The summed E-state index contributed by atoms with van der Waals surface area (Å²) in [7, 11) is -3.85. The molecule has 2 rings (SSSR count). The third-order valence-electron chi connectivity index (χ3n) is 2.57. The molecule has 0 radical (unpaired) electrons. The van der Waals surface area contributed by atoms with Gasteiger partial charge in [0, 0.05) is 24.2 Å². The van der Waals surface area contributed by atoms with Crippen LogP contribution in [0.25, 0.3) is 0 Å². The fraction of sp³-hybridized carbons (Fsp3) is 0.364. The highest BCUT2D eigenvalue weighted by atomic mass is 32.2. The molecule has 2 aromatic heterocycles. The maximum absolute atomic E-state index is 12.3. The minimum atomic E-state index is -3.85. The van der Waals surface area contributed by atoms with E-state index in [0.29, 0.717) is 12.1 Å². The van der Waals surface area contributed by atoms with Crippen molar-refractivity contribution in [3.8, 4) is 0 Å². The number of sulfonamides is 1. The Morgan fingerprint density at radius 2 is 2.05 bits per heavy atom. The molecule has 0 saturated heterocycles. The Balaban J connectivity index is 2.21. The van der Waals surface area contributed by atoms with Gasteiger partial charge in [-0.3, -0.25) is 14.6 Å². The van der Waals surface area contributed by atoms with Crippen molar-refractivity contribution >= 4 is 15.8 Å². The molecule has 10 heteroatoms. The van der Waals surface area contributed by atoms with Gasteiger partial charge in [0.1, 0.15) is 0 Å². The first-order chi connectivity index (χ1) is 9.88. The van der Waals surface area contributed by atoms with Crippen LogP contribution >= 0.6 is 0 Å². The summed E-state index contributed by atoms with van der Waals surface area (Å²) in [5, 5.41) is 15.1. The number of H-pyrrole nitrogens is 2. The van der Waals surface area contributed by atoms with Crippen molar-refractivity contribution in [3.63, 3.8) is 0 Å². The van der Waals surface area contributed by atoms with Crippen LogP contribution in [0.1, 0.15) is 19.4 Å². The summed E-state index contributed by atoms with van der Waals surface area (Å²) in [6.45, 7) is 4.27. The van der Waals surface area contributed by atoms with E-state index >= 15 is 0 Å². The second kappa shape index (κ2) is 6.06. The Hall–Kier alpha value is -2.20. The summed E-state index contributed by atoms with van der Waals surface area (Å²) in [6.07, 6.45) is 1.45. The smallest absolute Gasteiger partial charge is 0.280 e. The molecule has 0 aliphatic rings. The first-order valence-electron chi connectivity index (χ1n) is 6.22. The van der Waals surface area contributed by atoms with E-state index in [4.69, 9.17) is 0 Å². The first-order valence-corrected chi connectivity index (χ1v) is 7.71. The molecule has 0 aliphatic heterocycles. The van der Waals surface area contributed by atoms with Crippen molar-refractivity contribution in [2.24, 2.45) is 0 Å². The van der Waals surface area contributed by atoms with Gasteiger partial charge in [-0.25, -0.2) is 5.10 Å². The summed E-state index contributed by atoms with van der Waals surface area (Å²) in [4.78, 5) is 10.9. The summed E-state index contributed by atoms with van der Waals surface area (Å²) in [6, 6.07) is 2.67. The lowest BCUT2D eigenvalue weighted by atomic mass is 10.3. The van der Waals surface area contributed by atoms with E-state index in [0.717, 1.165) is 0 Å². The van der Waals surface area contributed by atoms with Crippen molar-refractivity contribution in [3.05, 3.63) is 34.2 Å². The van der Waals surface area contributed by atoms with Crippen LogP contribution in [0.4, 0.5) is 5.82 Å². The molecule has 0 bridgehead atoms. The van der Waals surface area contributed by atoms with E-state index in [1.54, 1.807) is 0 Å². The minimum Gasteiger partial charge on any atom is -0.310 e. The predicted octanol–water partition coefficient (Wildman–Crippen LogP) is -0.208. The molecule has 0 atom stereocenters. The van der Waals surface area contributed by atoms with Crippen LogP contribution in [-0.4, -0.2) is 34.9 Å². The lowest BCUT2D eigenvalue weighted by molar-refractivity contribution is 0.574. The molecule has 0 aliphatic carbocycles. The van der Waals surface area contributed by atoms with Gasteiger partial charge in [-0.2, -0.15) is 18.6 Å². The largest absolute Gasteiger partial charge is 0.310 e. The van der Waals surface area contributed by atoms with Gasteiger partial charge in [0.05, 0.1) is 6.20 Å². The molecule has 0 fully saturated rings. The monoisotopic (exact) mass is 312 g/mol. The van der Waals surface area contributed by atoms with Crippen molar-refractivity contribution in [2.75, 3.05) is 4.72 Å². The Morgan fingerprint density at radius 1 is 1.29 bits per heavy atom. The van der Waals surface area contributed by atoms with Crippen LogP contribution in [0.3, 0.4) is 0 Å². The zero-order valence-corrected chi connectivity index (χ0v) is 12.4. The highest BCUT2D eigenvalue weighted by Gasteiger charge is 2.21. The van der Waals surface area contributed by atoms with E-state index < -0.39 is 15.6 Å². The lowest BCUT2D eigenvalue weighted by Gasteiger charge is -2.09. The number of anilines is 1. The molecular formula is C11H16N6O3S. The van der Waals surface area contributed by atoms with Crippen molar-refractivity contribution in [1.82, 2.24) is 25.7 Å². The van der Waals surface area contributed by atoms with Crippen LogP contribution in [-0.2, 0) is 16.6 Å². The molecule has 0 aromatic carbocycles. The third kappa shape index (κ3) is 3.89. The fourth-order valence-corrected chi connectivity index (χ4v) is 2.70. The molecule has 0 spiro atoms. The van der Waals surface area contributed by atoms with E-state index in [9.17, 15) is 13.2 Å². The number of nitrogens with one attached hydrogen (secondary N) is 4. The SMILES string of the molecule is CC(C)NCc1cn[nH]c1S(=O)(=O)Nc1ccc(=O)[nH]n1. The number of hydrogen-bond acceptors (Lipinski definition) is 6. The molecule has 4 N–H and O–H groups in total. The Kier molecular flexibility index (Phi) is 4.38. The Bertz CT molecular complexity index is 744. The maximum Gasteiger partial charge on any atom is 0.280 e. The zero-order valence-electron chi connectivity index (χ0n) is 11.5. The normalized spacial score (nSPS) is 11.8. The van der Waals surface area contributed by atoms with Gasteiger partial charge in [0.15, 0.2) is 10.8 Å². The van der Waals surface area contributed by atoms with Gasteiger partial charge in [-0.05, 0) is 6.07 Å². The second-order valence-electron chi connectivity index (χ2n) is 4.67. The zero-order chi connectivity index (χ0) is 15.5. The first kappa shape index (κ1) is 15.2. The van der Waals surface area contributed by atoms with E-state index in [-0.39, 0.29) is 16.9 Å². The van der Waals surface area contributed by atoms with Crippen LogP contribution < -0.4 is 15.6 Å². The maximum atomic E-state index is 12.3. The predicted molar refractivity (Wildman–Crippen MR) is 76.2 cm³/mol. The number of aromatic amines is 2. The summed E-state index contributed by atoms with van der Waals surface area (Å²) >= 11 is 0. The average Bonchev–Trinajstić information content (AvgIpc) is 2.88. The standard InChI is InChI=1S/C11H16N6O3S/c1-7(2)12-5-8-6-13-16-11(8)21(19,20)17-9-3-4-10(18)15-14-9/h3-4,6-7,12H,5H2,1-2H3,(H,13,16)(H,14,17)(H,15,18). The molecular weight excluding hydrogens is 296 g/mol. The summed E-state index contributed by atoms with van der Waals surface area (Å²) in [5.41, 5.74) is 0.0990. The Morgan fingerprint density at radius 3 is 2.67 bits per heavy atom. The lowest BCUT2D eigenvalue weighted by Crippen LogP contribution is -2.24. The summed E-state index contributed by atoms with van der Waals surface area (Å²) in [5.74, 6) is 0.0203. The quantitative estimate of drug-likeness (QED) is 0.583. The minimum absolute atomic E-state index is 0.0203. The molecule has 0 amide bonds. The number of rotatable bonds is 6. The van der Waals surface area contributed by atoms with Gasteiger partial charge < -0.3 is 5.32 Å². The van der Waals surface area contributed by atoms with Crippen LogP contribution in [0.15, 0.2) is 28.2 Å².